The van der Waals surface area contributed by atoms with Crippen LogP contribution < -0.4 is 16.0 Å². The third kappa shape index (κ3) is 2.88. The van der Waals surface area contributed by atoms with Crippen molar-refractivity contribution in [2.75, 3.05) is 18.0 Å². The van der Waals surface area contributed by atoms with Gasteiger partial charge in [-0.1, -0.05) is 6.92 Å². The number of rotatable bonds is 3. The maximum absolute atomic E-state index is 13.0. The van der Waals surface area contributed by atoms with Crippen molar-refractivity contribution in [3.63, 3.8) is 0 Å². The van der Waals surface area contributed by atoms with Gasteiger partial charge in [0.05, 0.1) is 11.1 Å². The lowest BCUT2D eigenvalue weighted by atomic mass is 9.90. The average molecular weight is 384 g/mol. The van der Waals surface area contributed by atoms with Crippen LogP contribution >= 0.6 is 0 Å². The Kier molecular flexibility index (Phi) is 4.66. The fraction of sp³-hybridized carbons (Fsp3) is 0.500. The molecule has 3 heterocycles. The monoisotopic (exact) mass is 384 g/mol. The fourth-order valence-corrected chi connectivity index (χ4v) is 4.57. The van der Waals surface area contributed by atoms with Gasteiger partial charge in [0.15, 0.2) is 0 Å². The highest BCUT2D eigenvalue weighted by atomic mass is 16.2. The van der Waals surface area contributed by atoms with E-state index in [9.17, 15) is 19.2 Å². The zero-order chi connectivity index (χ0) is 20.0. The van der Waals surface area contributed by atoms with Crippen LogP contribution in [0.25, 0.3) is 0 Å². The standard InChI is InChI=1S/C20H24N4O4/c1-11-3-2-8-23(16(11)10-21)12-4-5-13-14(9-12)20(28)24(19(13)27)15-6-7-17(25)22-18(15)26/h4-5,9,11,15-16H,2-3,6-8,10,21H2,1H3,(H,22,25,26). The number of hydrogen-bond donors (Lipinski definition) is 2. The molecule has 3 atom stereocenters. The van der Waals surface area contributed by atoms with E-state index in [4.69, 9.17) is 5.73 Å². The highest BCUT2D eigenvalue weighted by molar-refractivity contribution is 6.23. The van der Waals surface area contributed by atoms with Crippen LogP contribution in [0.1, 0.15) is 53.3 Å². The second kappa shape index (κ2) is 7.01. The van der Waals surface area contributed by atoms with Crippen molar-refractivity contribution in [3.05, 3.63) is 29.3 Å². The first-order valence-corrected chi connectivity index (χ1v) is 9.74. The number of nitrogens with two attached hydrogens (primary N) is 1. The van der Waals surface area contributed by atoms with Crippen molar-refractivity contribution in [2.45, 2.75) is 44.7 Å². The topological polar surface area (TPSA) is 113 Å². The van der Waals surface area contributed by atoms with Gasteiger partial charge in [0.25, 0.3) is 11.8 Å². The van der Waals surface area contributed by atoms with Gasteiger partial charge in [-0.2, -0.15) is 0 Å². The summed E-state index contributed by atoms with van der Waals surface area (Å²) in [5.74, 6) is -1.50. The molecule has 8 heteroatoms. The van der Waals surface area contributed by atoms with Crippen molar-refractivity contribution >= 4 is 29.3 Å². The molecule has 2 saturated heterocycles. The summed E-state index contributed by atoms with van der Waals surface area (Å²) < 4.78 is 0. The van der Waals surface area contributed by atoms with Crippen LogP contribution in [0.2, 0.25) is 0 Å². The molecule has 8 nitrogen and oxygen atoms in total. The summed E-state index contributed by atoms with van der Waals surface area (Å²) in [6, 6.07) is 4.48. The summed E-state index contributed by atoms with van der Waals surface area (Å²) in [4.78, 5) is 52.5. The van der Waals surface area contributed by atoms with Gasteiger partial charge in [-0.3, -0.25) is 29.4 Å². The summed E-state index contributed by atoms with van der Waals surface area (Å²) in [7, 11) is 0. The van der Waals surface area contributed by atoms with E-state index in [0.717, 1.165) is 30.0 Å². The van der Waals surface area contributed by atoms with E-state index in [1.165, 1.54) is 0 Å². The van der Waals surface area contributed by atoms with E-state index in [0.29, 0.717) is 23.6 Å². The molecule has 0 saturated carbocycles. The Morgan fingerprint density at radius 2 is 1.86 bits per heavy atom. The minimum Gasteiger partial charge on any atom is -0.367 e. The molecule has 148 valence electrons. The fourth-order valence-electron chi connectivity index (χ4n) is 4.57. The smallest absolute Gasteiger partial charge is 0.262 e. The predicted octanol–water partition coefficient (Wildman–Crippen LogP) is 0.651. The lowest BCUT2D eigenvalue weighted by molar-refractivity contribution is -0.136. The molecule has 0 radical (unpaired) electrons. The number of benzene rings is 1. The predicted molar refractivity (Wildman–Crippen MR) is 102 cm³/mol. The van der Waals surface area contributed by atoms with Gasteiger partial charge in [0.1, 0.15) is 6.04 Å². The van der Waals surface area contributed by atoms with Crippen molar-refractivity contribution < 1.29 is 19.2 Å². The number of piperidine rings is 2. The molecule has 4 rings (SSSR count). The number of carbonyl (C=O) groups excluding carboxylic acids is 4. The maximum atomic E-state index is 13.0. The Morgan fingerprint density at radius 3 is 2.57 bits per heavy atom. The van der Waals surface area contributed by atoms with Gasteiger partial charge in [0.2, 0.25) is 11.8 Å². The van der Waals surface area contributed by atoms with Crippen LogP contribution in [0.3, 0.4) is 0 Å². The van der Waals surface area contributed by atoms with Gasteiger partial charge < -0.3 is 10.6 Å². The first kappa shape index (κ1) is 18.6. The third-order valence-electron chi connectivity index (χ3n) is 6.11. The Labute approximate surface area is 163 Å². The average Bonchev–Trinajstić information content (AvgIpc) is 2.92. The van der Waals surface area contributed by atoms with E-state index < -0.39 is 23.8 Å². The molecule has 1 aromatic rings. The number of imide groups is 2. The summed E-state index contributed by atoms with van der Waals surface area (Å²) in [6.07, 6.45) is 2.43. The number of nitrogens with zero attached hydrogens (tertiary/aromatic N) is 2. The Balaban J connectivity index is 1.64. The van der Waals surface area contributed by atoms with Gasteiger partial charge in [-0.15, -0.1) is 0 Å². The third-order valence-corrected chi connectivity index (χ3v) is 6.11. The second-order valence-corrected chi connectivity index (χ2v) is 7.79. The highest BCUT2D eigenvalue weighted by Crippen LogP contribution is 2.33. The second-order valence-electron chi connectivity index (χ2n) is 7.79. The number of fused-ring (bicyclic) bond motifs is 1. The van der Waals surface area contributed by atoms with Gasteiger partial charge in [0, 0.05) is 31.2 Å². The van der Waals surface area contributed by atoms with Crippen LogP contribution in [-0.2, 0) is 9.59 Å². The van der Waals surface area contributed by atoms with Crippen molar-refractivity contribution in [1.29, 1.82) is 0 Å². The molecule has 28 heavy (non-hydrogen) atoms. The number of hydrogen-bond acceptors (Lipinski definition) is 6. The van der Waals surface area contributed by atoms with Crippen LogP contribution in [0, 0.1) is 5.92 Å². The Hall–Kier alpha value is -2.74. The molecule has 0 spiro atoms. The molecule has 3 N–H and O–H groups in total. The number of carbonyl (C=O) groups is 4. The van der Waals surface area contributed by atoms with Gasteiger partial charge in [-0.25, -0.2) is 0 Å². The molecular weight excluding hydrogens is 360 g/mol. The van der Waals surface area contributed by atoms with Crippen molar-refractivity contribution in [2.24, 2.45) is 11.7 Å². The van der Waals surface area contributed by atoms with E-state index in [2.05, 4.69) is 17.1 Å². The van der Waals surface area contributed by atoms with Gasteiger partial charge in [-0.05, 0) is 43.4 Å². The maximum Gasteiger partial charge on any atom is 0.262 e. The van der Waals surface area contributed by atoms with Crippen LogP contribution in [0.15, 0.2) is 18.2 Å². The molecule has 0 bridgehead atoms. The highest BCUT2D eigenvalue weighted by Gasteiger charge is 2.45. The lowest BCUT2D eigenvalue weighted by Crippen LogP contribution is -2.54. The normalized spacial score (nSPS) is 27.9. The SMILES string of the molecule is CC1CCCN(c2ccc3c(c2)C(=O)N(C2CCC(=O)NC2=O)C3=O)C1CN. The van der Waals surface area contributed by atoms with E-state index in [-0.39, 0.29) is 24.8 Å². The lowest BCUT2D eigenvalue weighted by Gasteiger charge is -2.41. The Bertz CT molecular complexity index is 868. The zero-order valence-electron chi connectivity index (χ0n) is 15.8. The first-order valence-electron chi connectivity index (χ1n) is 9.74. The summed E-state index contributed by atoms with van der Waals surface area (Å²) in [6.45, 7) is 3.55. The van der Waals surface area contributed by atoms with E-state index >= 15 is 0 Å². The number of amides is 4. The van der Waals surface area contributed by atoms with E-state index in [1.54, 1.807) is 12.1 Å². The molecule has 0 aliphatic carbocycles. The molecule has 4 amide bonds. The zero-order valence-corrected chi connectivity index (χ0v) is 15.8. The number of anilines is 1. The van der Waals surface area contributed by atoms with Crippen LogP contribution in [0.5, 0.6) is 0 Å². The van der Waals surface area contributed by atoms with Crippen molar-refractivity contribution in [1.82, 2.24) is 10.2 Å². The molecule has 3 aliphatic heterocycles. The molecular formula is C20H24N4O4. The van der Waals surface area contributed by atoms with Crippen LogP contribution in [-0.4, -0.2) is 53.7 Å². The molecule has 3 unspecified atom stereocenters. The summed E-state index contributed by atoms with van der Waals surface area (Å²) in [5.41, 5.74) is 7.46. The molecule has 3 aliphatic rings. The quantitative estimate of drug-likeness (QED) is 0.740. The van der Waals surface area contributed by atoms with Gasteiger partial charge >= 0.3 is 0 Å². The minimum absolute atomic E-state index is 0.110. The molecule has 1 aromatic carbocycles. The van der Waals surface area contributed by atoms with Crippen LogP contribution in [0.4, 0.5) is 5.69 Å². The summed E-state index contributed by atoms with van der Waals surface area (Å²) >= 11 is 0. The molecule has 2 fully saturated rings. The summed E-state index contributed by atoms with van der Waals surface area (Å²) in [5, 5.41) is 2.21. The minimum atomic E-state index is -0.944. The molecule has 0 aromatic heterocycles. The Morgan fingerprint density at radius 1 is 1.11 bits per heavy atom. The largest absolute Gasteiger partial charge is 0.367 e. The van der Waals surface area contributed by atoms with E-state index in [1.807, 2.05) is 6.07 Å². The first-order chi connectivity index (χ1) is 13.4. The number of nitrogens with one attached hydrogen (secondary N) is 1. The van der Waals surface area contributed by atoms with Crippen molar-refractivity contribution in [3.8, 4) is 0 Å².